The number of carbonyl (C=O) groups excluding carboxylic acids is 1. The summed E-state index contributed by atoms with van der Waals surface area (Å²) in [5.41, 5.74) is -0.627. The summed E-state index contributed by atoms with van der Waals surface area (Å²) in [6.07, 6.45) is 1.13. The van der Waals surface area contributed by atoms with Crippen molar-refractivity contribution in [1.29, 1.82) is 0 Å². The summed E-state index contributed by atoms with van der Waals surface area (Å²) >= 11 is 0. The van der Waals surface area contributed by atoms with Gasteiger partial charge in [-0.1, -0.05) is 35.5 Å². The fourth-order valence-electron chi connectivity index (χ4n) is 3.00. The Balaban J connectivity index is 1.67. The molecule has 1 N–H and O–H groups in total. The highest BCUT2D eigenvalue weighted by Crippen LogP contribution is 2.26. The fraction of sp³-hybridized carbons (Fsp3) is 0.278. The van der Waals surface area contributed by atoms with Gasteiger partial charge in [0.25, 0.3) is 17.4 Å². The maximum Gasteiger partial charge on any atom is 0.328 e. The molecule has 10 nitrogen and oxygen atoms in total. The third kappa shape index (κ3) is 3.14. The molecule has 10 heteroatoms. The van der Waals surface area contributed by atoms with Crippen molar-refractivity contribution in [3.05, 3.63) is 68.8 Å². The molecule has 1 fully saturated rings. The Morgan fingerprint density at radius 2 is 2.04 bits per heavy atom. The highest BCUT2D eigenvalue weighted by molar-refractivity contribution is 5.93. The second kappa shape index (κ2) is 7.24. The first-order chi connectivity index (χ1) is 13.6. The summed E-state index contributed by atoms with van der Waals surface area (Å²) in [6.45, 7) is 0.715. The summed E-state index contributed by atoms with van der Waals surface area (Å²) in [7, 11) is 1.30. The SMILES string of the molecule is Cn1c(=O)[nH]cc(C(=O)N2CCOC[C@H]2c2nc(-c3ccccc3)no2)c1=O. The minimum atomic E-state index is -0.672. The van der Waals surface area contributed by atoms with E-state index in [0.717, 1.165) is 16.3 Å². The molecule has 1 aliphatic heterocycles. The first kappa shape index (κ1) is 17.9. The Kier molecular flexibility index (Phi) is 4.62. The lowest BCUT2D eigenvalue weighted by molar-refractivity contribution is -0.0120. The number of nitrogens with one attached hydrogen (secondary N) is 1. The molecule has 1 amide bonds. The lowest BCUT2D eigenvalue weighted by atomic mass is 10.1. The van der Waals surface area contributed by atoms with Gasteiger partial charge in [0.1, 0.15) is 11.6 Å². The van der Waals surface area contributed by atoms with Crippen LogP contribution in [0, 0.1) is 0 Å². The number of rotatable bonds is 3. The van der Waals surface area contributed by atoms with Gasteiger partial charge in [0.2, 0.25) is 5.82 Å². The molecule has 144 valence electrons. The highest BCUT2D eigenvalue weighted by Gasteiger charge is 2.34. The molecule has 2 aromatic heterocycles. The number of ether oxygens (including phenoxy) is 1. The zero-order valence-corrected chi connectivity index (χ0v) is 15.0. The minimum Gasteiger partial charge on any atom is -0.377 e. The maximum atomic E-state index is 13.0. The Bertz CT molecular complexity index is 1120. The molecule has 1 atom stereocenters. The van der Waals surface area contributed by atoms with E-state index in [-0.39, 0.29) is 24.6 Å². The Morgan fingerprint density at radius 1 is 1.25 bits per heavy atom. The number of aromatic amines is 1. The zero-order chi connectivity index (χ0) is 19.7. The molecule has 28 heavy (non-hydrogen) atoms. The molecule has 1 aromatic carbocycles. The molecule has 0 aliphatic carbocycles. The van der Waals surface area contributed by atoms with Gasteiger partial charge < -0.3 is 19.1 Å². The van der Waals surface area contributed by atoms with Crippen LogP contribution in [0.25, 0.3) is 11.4 Å². The normalized spacial score (nSPS) is 16.9. The molecular formula is C18H17N5O5. The topological polar surface area (TPSA) is 123 Å². The number of morpholine rings is 1. The van der Waals surface area contributed by atoms with Gasteiger partial charge in [0.05, 0.1) is 13.2 Å². The first-order valence-electron chi connectivity index (χ1n) is 8.62. The van der Waals surface area contributed by atoms with Crippen molar-refractivity contribution in [1.82, 2.24) is 24.6 Å². The molecule has 3 aromatic rings. The number of hydrogen-bond acceptors (Lipinski definition) is 7. The van der Waals surface area contributed by atoms with Crippen molar-refractivity contribution in [2.45, 2.75) is 6.04 Å². The number of nitrogens with zero attached hydrogens (tertiary/aromatic N) is 4. The average molecular weight is 383 g/mol. The molecule has 0 spiro atoms. The van der Waals surface area contributed by atoms with Crippen LogP contribution in [0.4, 0.5) is 0 Å². The minimum absolute atomic E-state index is 0.142. The number of benzene rings is 1. The standard InChI is InChI=1S/C18H17N5O5/c1-22-16(24)12(9-19-18(22)26)17(25)23-7-8-27-10-13(23)15-20-14(21-28-15)11-5-3-2-4-6-11/h2-6,9,13H,7-8,10H2,1H3,(H,19,26)/t13-/m0/s1. The van der Waals surface area contributed by atoms with E-state index in [4.69, 9.17) is 9.26 Å². The van der Waals surface area contributed by atoms with E-state index in [0.29, 0.717) is 12.4 Å². The molecule has 0 saturated carbocycles. The van der Waals surface area contributed by atoms with Gasteiger partial charge in [-0.15, -0.1) is 0 Å². The summed E-state index contributed by atoms with van der Waals surface area (Å²) in [4.78, 5) is 45.1. The van der Waals surface area contributed by atoms with E-state index in [1.54, 1.807) is 0 Å². The summed E-state index contributed by atoms with van der Waals surface area (Å²) < 4.78 is 11.7. The van der Waals surface area contributed by atoms with E-state index in [9.17, 15) is 14.4 Å². The van der Waals surface area contributed by atoms with Crippen molar-refractivity contribution in [2.75, 3.05) is 19.8 Å². The van der Waals surface area contributed by atoms with E-state index in [1.807, 2.05) is 30.3 Å². The van der Waals surface area contributed by atoms with Crippen LogP contribution < -0.4 is 11.2 Å². The van der Waals surface area contributed by atoms with E-state index in [2.05, 4.69) is 15.1 Å². The molecule has 0 radical (unpaired) electrons. The fourth-order valence-corrected chi connectivity index (χ4v) is 3.00. The lowest BCUT2D eigenvalue weighted by Crippen LogP contribution is -2.46. The second-order valence-electron chi connectivity index (χ2n) is 6.28. The van der Waals surface area contributed by atoms with E-state index in [1.165, 1.54) is 11.9 Å². The highest BCUT2D eigenvalue weighted by atomic mass is 16.5. The van der Waals surface area contributed by atoms with Crippen molar-refractivity contribution < 1.29 is 14.1 Å². The molecule has 0 unspecified atom stereocenters. The second-order valence-corrected chi connectivity index (χ2v) is 6.28. The van der Waals surface area contributed by atoms with Gasteiger partial charge in [0.15, 0.2) is 0 Å². The largest absolute Gasteiger partial charge is 0.377 e. The maximum absolute atomic E-state index is 13.0. The molecule has 1 saturated heterocycles. The van der Waals surface area contributed by atoms with Crippen LogP contribution in [0.15, 0.2) is 50.6 Å². The van der Waals surface area contributed by atoms with Crippen molar-refractivity contribution in [2.24, 2.45) is 7.05 Å². The smallest absolute Gasteiger partial charge is 0.328 e. The van der Waals surface area contributed by atoms with Gasteiger partial charge in [-0.3, -0.25) is 14.2 Å². The van der Waals surface area contributed by atoms with Gasteiger partial charge in [0, 0.05) is 25.4 Å². The third-order valence-electron chi connectivity index (χ3n) is 4.56. The quantitative estimate of drug-likeness (QED) is 0.691. The van der Waals surface area contributed by atoms with Crippen molar-refractivity contribution >= 4 is 5.91 Å². The van der Waals surface area contributed by atoms with Crippen LogP contribution in [0.2, 0.25) is 0 Å². The number of amides is 1. The number of carbonyl (C=O) groups is 1. The van der Waals surface area contributed by atoms with Gasteiger partial charge >= 0.3 is 5.69 Å². The zero-order valence-electron chi connectivity index (χ0n) is 15.0. The molecular weight excluding hydrogens is 366 g/mol. The summed E-state index contributed by atoms with van der Waals surface area (Å²) in [5, 5.41) is 3.98. The summed E-state index contributed by atoms with van der Waals surface area (Å²) in [6, 6.07) is 8.65. The number of hydrogen-bond donors (Lipinski definition) is 1. The predicted octanol–water partition coefficient (Wildman–Crippen LogP) is 0.337. The third-order valence-corrected chi connectivity index (χ3v) is 4.56. The lowest BCUT2D eigenvalue weighted by Gasteiger charge is -2.33. The molecule has 4 rings (SSSR count). The van der Waals surface area contributed by atoms with Crippen molar-refractivity contribution in [3.8, 4) is 11.4 Å². The molecule has 0 bridgehead atoms. The predicted molar refractivity (Wildman–Crippen MR) is 96.6 cm³/mol. The van der Waals surface area contributed by atoms with Crippen LogP contribution in [0.3, 0.4) is 0 Å². The van der Waals surface area contributed by atoms with Gasteiger partial charge in [-0.25, -0.2) is 4.79 Å². The van der Waals surface area contributed by atoms with E-state index >= 15 is 0 Å². The Morgan fingerprint density at radius 3 is 2.82 bits per heavy atom. The van der Waals surface area contributed by atoms with Crippen LogP contribution in [0.1, 0.15) is 22.3 Å². The molecule has 3 heterocycles. The van der Waals surface area contributed by atoms with Crippen LogP contribution in [0.5, 0.6) is 0 Å². The van der Waals surface area contributed by atoms with Gasteiger partial charge in [-0.2, -0.15) is 4.98 Å². The van der Waals surface area contributed by atoms with Crippen LogP contribution >= 0.6 is 0 Å². The monoisotopic (exact) mass is 383 g/mol. The Hall–Kier alpha value is -3.53. The van der Waals surface area contributed by atoms with E-state index < -0.39 is 23.2 Å². The van der Waals surface area contributed by atoms with Gasteiger partial charge in [-0.05, 0) is 0 Å². The average Bonchev–Trinajstić information content (AvgIpc) is 3.22. The first-order valence-corrected chi connectivity index (χ1v) is 8.62. The number of aromatic nitrogens is 4. The molecule has 1 aliphatic rings. The number of H-pyrrole nitrogens is 1. The summed E-state index contributed by atoms with van der Waals surface area (Å²) in [5.74, 6) is 0.0753. The van der Waals surface area contributed by atoms with Crippen molar-refractivity contribution in [3.63, 3.8) is 0 Å². The van der Waals surface area contributed by atoms with Crippen LogP contribution in [-0.4, -0.2) is 50.3 Å². The Labute approximate surface area is 158 Å². The van der Waals surface area contributed by atoms with Crippen LogP contribution in [-0.2, 0) is 11.8 Å².